The third-order valence-corrected chi connectivity index (χ3v) is 4.92. The SMILES string of the molecule is Cc1ccc(-c2c[n+](CC(=O)c3ccc(Cl)c(Cl)c3)c(N)n2C)cc1. The van der Waals surface area contributed by atoms with Gasteiger partial charge in [0.1, 0.15) is 18.4 Å². The lowest BCUT2D eigenvalue weighted by atomic mass is 10.1. The number of ketones is 1. The molecule has 0 amide bonds. The Morgan fingerprint density at radius 1 is 1.12 bits per heavy atom. The molecule has 0 fully saturated rings. The van der Waals surface area contributed by atoms with Crippen molar-refractivity contribution >= 4 is 34.9 Å². The Morgan fingerprint density at radius 2 is 1.80 bits per heavy atom. The number of rotatable bonds is 4. The van der Waals surface area contributed by atoms with Crippen LogP contribution in [-0.2, 0) is 13.6 Å². The molecule has 0 aliphatic carbocycles. The Labute approximate surface area is 156 Å². The maximum absolute atomic E-state index is 12.5. The molecule has 0 spiro atoms. The van der Waals surface area contributed by atoms with Gasteiger partial charge in [-0.15, -0.1) is 0 Å². The quantitative estimate of drug-likeness (QED) is 0.552. The highest BCUT2D eigenvalue weighted by molar-refractivity contribution is 6.42. The predicted octanol–water partition coefficient (Wildman–Crippen LogP) is 4.06. The monoisotopic (exact) mass is 374 g/mol. The summed E-state index contributed by atoms with van der Waals surface area (Å²) in [6, 6.07) is 13.0. The zero-order valence-electron chi connectivity index (χ0n) is 14.0. The van der Waals surface area contributed by atoms with Crippen LogP contribution in [0, 0.1) is 6.92 Å². The molecule has 2 aromatic carbocycles. The molecule has 0 radical (unpaired) electrons. The van der Waals surface area contributed by atoms with Crippen molar-refractivity contribution in [3.8, 4) is 11.3 Å². The van der Waals surface area contributed by atoms with Crippen LogP contribution in [0.4, 0.5) is 5.95 Å². The molecule has 1 heterocycles. The van der Waals surface area contributed by atoms with Crippen LogP contribution in [0.5, 0.6) is 0 Å². The predicted molar refractivity (Wildman–Crippen MR) is 101 cm³/mol. The van der Waals surface area contributed by atoms with E-state index in [-0.39, 0.29) is 12.3 Å². The number of hydrogen-bond acceptors (Lipinski definition) is 2. The lowest BCUT2D eigenvalue weighted by Crippen LogP contribution is -2.39. The third kappa shape index (κ3) is 3.55. The van der Waals surface area contributed by atoms with Crippen LogP contribution in [0.2, 0.25) is 10.0 Å². The van der Waals surface area contributed by atoms with Gasteiger partial charge in [0.05, 0.1) is 17.1 Å². The van der Waals surface area contributed by atoms with Gasteiger partial charge >= 0.3 is 5.95 Å². The first-order chi connectivity index (χ1) is 11.9. The Hall–Kier alpha value is -2.30. The summed E-state index contributed by atoms with van der Waals surface area (Å²) in [4.78, 5) is 12.5. The van der Waals surface area contributed by atoms with E-state index >= 15 is 0 Å². The van der Waals surface area contributed by atoms with Gasteiger partial charge in [-0.2, -0.15) is 0 Å². The zero-order chi connectivity index (χ0) is 18.1. The number of benzene rings is 2. The molecule has 3 rings (SSSR count). The molecule has 4 nitrogen and oxygen atoms in total. The zero-order valence-corrected chi connectivity index (χ0v) is 15.5. The molecule has 0 saturated carbocycles. The van der Waals surface area contributed by atoms with E-state index in [1.54, 1.807) is 22.8 Å². The number of imidazole rings is 1. The molecule has 128 valence electrons. The highest BCUT2D eigenvalue weighted by atomic mass is 35.5. The molecular weight excluding hydrogens is 357 g/mol. The van der Waals surface area contributed by atoms with E-state index in [1.165, 1.54) is 5.56 Å². The highest BCUT2D eigenvalue weighted by Crippen LogP contribution is 2.23. The minimum Gasteiger partial charge on any atom is -0.291 e. The van der Waals surface area contributed by atoms with Crippen molar-refractivity contribution in [2.45, 2.75) is 13.5 Å². The summed E-state index contributed by atoms with van der Waals surface area (Å²) in [5.41, 5.74) is 9.85. The number of anilines is 1. The smallest absolute Gasteiger partial charge is 0.291 e. The Morgan fingerprint density at radius 3 is 2.44 bits per heavy atom. The van der Waals surface area contributed by atoms with E-state index in [4.69, 9.17) is 28.9 Å². The number of aryl methyl sites for hydroxylation is 1. The normalized spacial score (nSPS) is 10.9. The average Bonchev–Trinajstić information content (AvgIpc) is 2.86. The van der Waals surface area contributed by atoms with Gasteiger partial charge in [0.15, 0.2) is 5.78 Å². The van der Waals surface area contributed by atoms with E-state index in [1.807, 2.05) is 49.0 Å². The first-order valence-corrected chi connectivity index (χ1v) is 8.52. The fourth-order valence-corrected chi connectivity index (χ4v) is 2.95. The van der Waals surface area contributed by atoms with Crippen LogP contribution in [0.1, 0.15) is 15.9 Å². The van der Waals surface area contributed by atoms with Gasteiger partial charge in [-0.3, -0.25) is 10.5 Å². The van der Waals surface area contributed by atoms with Crippen molar-refractivity contribution in [3.05, 3.63) is 69.8 Å². The molecule has 0 aliphatic heterocycles. The number of hydrogen-bond donors (Lipinski definition) is 1. The number of nitrogen functional groups attached to an aromatic ring is 1. The van der Waals surface area contributed by atoms with Crippen molar-refractivity contribution in [2.24, 2.45) is 7.05 Å². The summed E-state index contributed by atoms with van der Waals surface area (Å²) in [5.74, 6) is 0.417. The van der Waals surface area contributed by atoms with Crippen LogP contribution in [0.3, 0.4) is 0 Å². The van der Waals surface area contributed by atoms with E-state index in [0.29, 0.717) is 21.6 Å². The number of carbonyl (C=O) groups excluding carboxylic acids is 1. The fourth-order valence-electron chi connectivity index (χ4n) is 2.65. The van der Waals surface area contributed by atoms with Crippen LogP contribution < -0.4 is 10.3 Å². The molecule has 0 aliphatic rings. The minimum absolute atomic E-state index is 0.0867. The first-order valence-electron chi connectivity index (χ1n) is 7.76. The molecule has 3 aromatic rings. The number of Topliss-reactive ketones (excluding diaryl/α,β-unsaturated/α-hetero) is 1. The molecule has 0 unspecified atom stereocenters. The first kappa shape index (κ1) is 17.5. The highest BCUT2D eigenvalue weighted by Gasteiger charge is 2.20. The van der Waals surface area contributed by atoms with Crippen molar-refractivity contribution in [3.63, 3.8) is 0 Å². The summed E-state index contributed by atoms with van der Waals surface area (Å²) in [6.45, 7) is 2.17. The summed E-state index contributed by atoms with van der Waals surface area (Å²) in [5, 5.41) is 0.783. The van der Waals surface area contributed by atoms with Crippen LogP contribution >= 0.6 is 23.2 Å². The van der Waals surface area contributed by atoms with Crippen molar-refractivity contribution in [2.75, 3.05) is 5.73 Å². The molecule has 1 aromatic heterocycles. The molecular formula is C19H18Cl2N3O+. The van der Waals surface area contributed by atoms with Crippen LogP contribution in [-0.4, -0.2) is 10.4 Å². The maximum atomic E-state index is 12.5. The van der Waals surface area contributed by atoms with Gasteiger partial charge in [0.25, 0.3) is 0 Å². The summed E-state index contributed by atoms with van der Waals surface area (Å²) >= 11 is 11.9. The van der Waals surface area contributed by atoms with Crippen molar-refractivity contribution in [1.29, 1.82) is 0 Å². The van der Waals surface area contributed by atoms with E-state index in [9.17, 15) is 4.79 Å². The van der Waals surface area contributed by atoms with E-state index in [0.717, 1.165) is 11.3 Å². The molecule has 25 heavy (non-hydrogen) atoms. The molecule has 0 saturated heterocycles. The second-order valence-electron chi connectivity index (χ2n) is 5.98. The second-order valence-corrected chi connectivity index (χ2v) is 6.79. The average molecular weight is 375 g/mol. The van der Waals surface area contributed by atoms with Gasteiger partial charge in [0.2, 0.25) is 0 Å². The molecule has 0 bridgehead atoms. The molecule has 6 heteroatoms. The molecule has 0 atom stereocenters. The van der Waals surface area contributed by atoms with Gasteiger partial charge in [-0.25, -0.2) is 9.13 Å². The van der Waals surface area contributed by atoms with Gasteiger partial charge in [-0.1, -0.05) is 53.0 Å². The number of carbonyl (C=O) groups is 1. The number of aromatic nitrogens is 2. The summed E-state index contributed by atoms with van der Waals surface area (Å²) in [6.07, 6.45) is 1.88. The number of halogens is 2. The van der Waals surface area contributed by atoms with Gasteiger partial charge in [-0.05, 0) is 25.1 Å². The van der Waals surface area contributed by atoms with Gasteiger partial charge < -0.3 is 0 Å². The van der Waals surface area contributed by atoms with Crippen LogP contribution in [0.25, 0.3) is 11.3 Å². The Kier molecular flexibility index (Phi) is 4.84. The summed E-state index contributed by atoms with van der Waals surface area (Å²) < 4.78 is 3.60. The third-order valence-electron chi connectivity index (χ3n) is 4.18. The maximum Gasteiger partial charge on any atom is 0.355 e. The Balaban J connectivity index is 1.90. The van der Waals surface area contributed by atoms with E-state index in [2.05, 4.69) is 0 Å². The second kappa shape index (κ2) is 6.90. The topological polar surface area (TPSA) is 51.9 Å². The standard InChI is InChI=1S/C19H17Cl2N3O/c1-12-3-5-13(6-4-12)17-10-24(19(22)23(17)2)11-18(25)14-7-8-15(20)16(21)9-14/h3-10,22H,11H2,1-2H3/p+1. The fraction of sp³-hybridized carbons (Fsp3) is 0.158. The van der Waals surface area contributed by atoms with Gasteiger partial charge in [0, 0.05) is 11.1 Å². The largest absolute Gasteiger partial charge is 0.355 e. The molecule has 2 N–H and O–H groups in total. The number of nitrogens with two attached hydrogens (primary N) is 1. The lowest BCUT2D eigenvalue weighted by Gasteiger charge is -2.02. The summed E-state index contributed by atoms with van der Waals surface area (Å²) in [7, 11) is 1.88. The Bertz CT molecular complexity index is 946. The number of nitrogens with zero attached hydrogens (tertiary/aromatic N) is 2. The lowest BCUT2D eigenvalue weighted by molar-refractivity contribution is -0.667. The van der Waals surface area contributed by atoms with Crippen LogP contribution in [0.15, 0.2) is 48.7 Å². The van der Waals surface area contributed by atoms with E-state index < -0.39 is 0 Å². The minimum atomic E-state index is -0.0867. The van der Waals surface area contributed by atoms with Crippen molar-refractivity contribution in [1.82, 2.24) is 4.57 Å². The van der Waals surface area contributed by atoms with Crippen molar-refractivity contribution < 1.29 is 9.36 Å².